The van der Waals surface area contributed by atoms with Gasteiger partial charge >= 0.3 is 0 Å². The number of aromatic nitrogens is 1. The first-order valence-corrected chi connectivity index (χ1v) is 6.00. The van der Waals surface area contributed by atoms with Crippen molar-refractivity contribution < 1.29 is 9.52 Å². The van der Waals surface area contributed by atoms with Gasteiger partial charge in [0.2, 0.25) is 0 Å². The minimum Gasteiger partial charge on any atom is -0.469 e. The number of hydrogen-bond donors (Lipinski definition) is 1. The monoisotopic (exact) mass is 266 g/mol. The zero-order valence-electron chi connectivity index (χ0n) is 10.4. The summed E-state index contributed by atoms with van der Waals surface area (Å²) >= 11 is 5.91. The summed E-state index contributed by atoms with van der Waals surface area (Å²) in [5.74, 6) is 1.67. The Morgan fingerprint density at radius 1 is 1.39 bits per heavy atom. The number of furan rings is 1. The van der Waals surface area contributed by atoms with Crippen LogP contribution < -0.4 is 4.90 Å². The zero-order valence-corrected chi connectivity index (χ0v) is 11.1. The van der Waals surface area contributed by atoms with Crippen LogP contribution in [0.3, 0.4) is 0 Å². The van der Waals surface area contributed by atoms with E-state index >= 15 is 0 Å². The Bertz CT molecular complexity index is 540. The average molecular weight is 267 g/mol. The maximum Gasteiger partial charge on any atom is 0.129 e. The topological polar surface area (TPSA) is 49.5 Å². The predicted molar refractivity (Wildman–Crippen MR) is 70.7 cm³/mol. The van der Waals surface area contributed by atoms with E-state index in [9.17, 15) is 0 Å². The number of hydrogen-bond acceptors (Lipinski definition) is 4. The Labute approximate surface area is 111 Å². The van der Waals surface area contributed by atoms with Gasteiger partial charge in [0, 0.05) is 19.2 Å². The SMILES string of the molecule is Cc1occc1CN(C)c1ccc(Cl)c(CO)n1. The van der Waals surface area contributed by atoms with Crippen LogP contribution in [-0.4, -0.2) is 17.1 Å². The molecule has 2 heterocycles. The summed E-state index contributed by atoms with van der Waals surface area (Å²) in [6.45, 7) is 2.46. The third-order valence-corrected chi connectivity index (χ3v) is 3.16. The second-order valence-corrected chi connectivity index (χ2v) is 4.52. The lowest BCUT2D eigenvalue weighted by Gasteiger charge is -2.18. The van der Waals surface area contributed by atoms with E-state index in [2.05, 4.69) is 4.98 Å². The molecule has 0 aromatic carbocycles. The van der Waals surface area contributed by atoms with Crippen LogP contribution in [0.1, 0.15) is 17.0 Å². The van der Waals surface area contributed by atoms with Gasteiger partial charge in [-0.1, -0.05) is 11.6 Å². The summed E-state index contributed by atoms with van der Waals surface area (Å²) in [6, 6.07) is 5.51. The number of aryl methyl sites for hydroxylation is 1. The number of pyridine rings is 1. The molecule has 4 nitrogen and oxygen atoms in total. The quantitative estimate of drug-likeness (QED) is 0.924. The number of aliphatic hydroxyl groups excluding tert-OH is 1. The molecule has 0 fully saturated rings. The Hall–Kier alpha value is -1.52. The maximum atomic E-state index is 9.14. The van der Waals surface area contributed by atoms with Gasteiger partial charge in [-0.25, -0.2) is 4.98 Å². The molecule has 0 spiro atoms. The van der Waals surface area contributed by atoms with Gasteiger partial charge in [-0.15, -0.1) is 0 Å². The number of halogens is 1. The van der Waals surface area contributed by atoms with Gasteiger partial charge in [0.1, 0.15) is 11.6 Å². The molecule has 0 aliphatic rings. The van der Waals surface area contributed by atoms with E-state index in [1.807, 2.05) is 31.0 Å². The zero-order chi connectivity index (χ0) is 13.1. The molecule has 0 aliphatic heterocycles. The minimum absolute atomic E-state index is 0.161. The van der Waals surface area contributed by atoms with Crippen LogP contribution in [0.25, 0.3) is 0 Å². The van der Waals surface area contributed by atoms with Gasteiger partial charge in [-0.3, -0.25) is 0 Å². The van der Waals surface area contributed by atoms with E-state index in [1.165, 1.54) is 0 Å². The summed E-state index contributed by atoms with van der Waals surface area (Å²) in [4.78, 5) is 6.29. The van der Waals surface area contributed by atoms with Crippen LogP contribution in [-0.2, 0) is 13.2 Å². The van der Waals surface area contributed by atoms with Gasteiger partial charge in [0.15, 0.2) is 0 Å². The molecule has 0 saturated heterocycles. The molecule has 0 radical (unpaired) electrons. The van der Waals surface area contributed by atoms with Gasteiger partial charge in [0.25, 0.3) is 0 Å². The largest absolute Gasteiger partial charge is 0.469 e. The van der Waals surface area contributed by atoms with Crippen LogP contribution in [0.2, 0.25) is 5.02 Å². The number of rotatable bonds is 4. The molecule has 0 bridgehead atoms. The summed E-state index contributed by atoms with van der Waals surface area (Å²) in [6.07, 6.45) is 1.67. The van der Waals surface area contributed by atoms with Crippen molar-refractivity contribution in [1.29, 1.82) is 0 Å². The van der Waals surface area contributed by atoms with Crippen molar-refractivity contribution in [3.05, 3.63) is 46.5 Å². The van der Waals surface area contributed by atoms with E-state index in [0.29, 0.717) is 17.3 Å². The van der Waals surface area contributed by atoms with Crippen LogP contribution in [0, 0.1) is 6.92 Å². The molecule has 0 unspecified atom stereocenters. The molecule has 18 heavy (non-hydrogen) atoms. The van der Waals surface area contributed by atoms with Crippen molar-refractivity contribution in [1.82, 2.24) is 4.98 Å². The fourth-order valence-corrected chi connectivity index (χ4v) is 1.87. The van der Waals surface area contributed by atoms with Crippen LogP contribution in [0.5, 0.6) is 0 Å². The Kier molecular flexibility index (Phi) is 3.89. The summed E-state index contributed by atoms with van der Waals surface area (Å²) < 4.78 is 5.26. The number of aliphatic hydroxyl groups is 1. The van der Waals surface area contributed by atoms with E-state index < -0.39 is 0 Å². The minimum atomic E-state index is -0.161. The van der Waals surface area contributed by atoms with E-state index in [4.69, 9.17) is 21.1 Å². The lowest BCUT2D eigenvalue weighted by molar-refractivity contribution is 0.277. The van der Waals surface area contributed by atoms with E-state index in [1.54, 1.807) is 12.3 Å². The standard InChI is InChI=1S/C13H15ClN2O2/c1-9-10(5-6-18-9)7-16(2)13-4-3-11(14)12(8-17)15-13/h3-6,17H,7-8H2,1-2H3. The van der Waals surface area contributed by atoms with Crippen LogP contribution in [0.4, 0.5) is 5.82 Å². The van der Waals surface area contributed by atoms with Gasteiger partial charge in [-0.05, 0) is 25.1 Å². The normalized spacial score (nSPS) is 10.7. The van der Waals surface area contributed by atoms with Crippen molar-refractivity contribution in [3.8, 4) is 0 Å². The highest BCUT2D eigenvalue weighted by molar-refractivity contribution is 6.31. The molecule has 1 N–H and O–H groups in total. The van der Waals surface area contributed by atoms with Crippen molar-refractivity contribution in [2.75, 3.05) is 11.9 Å². The molecule has 2 aromatic heterocycles. The Morgan fingerprint density at radius 3 is 2.78 bits per heavy atom. The smallest absolute Gasteiger partial charge is 0.129 e. The molecule has 2 rings (SSSR count). The second kappa shape index (κ2) is 5.42. The van der Waals surface area contributed by atoms with Crippen molar-refractivity contribution in [3.63, 3.8) is 0 Å². The lowest BCUT2D eigenvalue weighted by Crippen LogP contribution is -2.18. The molecular formula is C13H15ClN2O2. The Balaban J connectivity index is 2.18. The highest BCUT2D eigenvalue weighted by atomic mass is 35.5. The number of anilines is 1. The molecule has 0 amide bonds. The van der Waals surface area contributed by atoms with E-state index in [0.717, 1.165) is 17.1 Å². The first-order valence-electron chi connectivity index (χ1n) is 5.62. The molecule has 0 aliphatic carbocycles. The third kappa shape index (κ3) is 2.66. The molecule has 96 valence electrons. The highest BCUT2D eigenvalue weighted by Crippen LogP contribution is 2.20. The van der Waals surface area contributed by atoms with Gasteiger partial charge in [0.05, 0.1) is 23.6 Å². The molecular weight excluding hydrogens is 252 g/mol. The predicted octanol–water partition coefficient (Wildman–Crippen LogP) is 2.77. The van der Waals surface area contributed by atoms with Gasteiger partial charge in [-0.2, -0.15) is 0 Å². The summed E-state index contributed by atoms with van der Waals surface area (Å²) in [5.41, 5.74) is 1.60. The molecule has 0 saturated carbocycles. The average Bonchev–Trinajstić information content (AvgIpc) is 2.75. The summed E-state index contributed by atoms with van der Waals surface area (Å²) in [5, 5.41) is 9.63. The molecule has 0 atom stereocenters. The van der Waals surface area contributed by atoms with Crippen molar-refractivity contribution in [2.45, 2.75) is 20.1 Å². The summed E-state index contributed by atoms with van der Waals surface area (Å²) in [7, 11) is 1.93. The van der Waals surface area contributed by atoms with Crippen LogP contribution in [0.15, 0.2) is 28.9 Å². The Morgan fingerprint density at radius 2 is 2.17 bits per heavy atom. The van der Waals surface area contributed by atoms with Crippen molar-refractivity contribution in [2.24, 2.45) is 0 Å². The highest BCUT2D eigenvalue weighted by Gasteiger charge is 2.09. The first-order chi connectivity index (χ1) is 8.61. The fraction of sp³-hybridized carbons (Fsp3) is 0.308. The third-order valence-electron chi connectivity index (χ3n) is 2.82. The molecule has 2 aromatic rings. The lowest BCUT2D eigenvalue weighted by atomic mass is 10.2. The second-order valence-electron chi connectivity index (χ2n) is 4.11. The van der Waals surface area contributed by atoms with Crippen LogP contribution >= 0.6 is 11.6 Å². The maximum absolute atomic E-state index is 9.14. The van der Waals surface area contributed by atoms with Gasteiger partial charge < -0.3 is 14.4 Å². The fourth-order valence-electron chi connectivity index (χ4n) is 1.71. The van der Waals surface area contributed by atoms with Crippen molar-refractivity contribution >= 4 is 17.4 Å². The number of nitrogens with zero attached hydrogens (tertiary/aromatic N) is 2. The first kappa shape index (κ1) is 12.9. The molecule has 5 heteroatoms. The van der Waals surface area contributed by atoms with E-state index in [-0.39, 0.29) is 6.61 Å².